The van der Waals surface area contributed by atoms with Crippen LogP contribution in [0.5, 0.6) is 0 Å². The molecule has 4 nitrogen and oxygen atoms in total. The Morgan fingerprint density at radius 1 is 1.33 bits per heavy atom. The SMILES string of the molecule is O=C1NC(=O)C2=C1CO2. The molecule has 0 aromatic heterocycles. The van der Waals surface area contributed by atoms with Crippen molar-refractivity contribution in [1.29, 1.82) is 0 Å². The Bertz CT molecular complexity index is 217. The van der Waals surface area contributed by atoms with E-state index in [9.17, 15) is 9.59 Å². The van der Waals surface area contributed by atoms with Crippen molar-refractivity contribution in [2.24, 2.45) is 0 Å². The van der Waals surface area contributed by atoms with Gasteiger partial charge in [-0.15, -0.1) is 0 Å². The molecular weight excluding hydrogens is 122 g/mol. The molecule has 0 unspecified atom stereocenters. The molecule has 1 N–H and O–H groups in total. The zero-order chi connectivity index (χ0) is 6.43. The summed E-state index contributed by atoms with van der Waals surface area (Å²) in [5.74, 6) is -0.498. The number of hydrogen-bond acceptors (Lipinski definition) is 3. The standard InChI is InChI=1S/C5H3NO3/c7-4-2-1-9-3(2)5(8)6-4/h1H2,(H,6,7,8). The number of amides is 2. The van der Waals surface area contributed by atoms with Gasteiger partial charge in [0.1, 0.15) is 12.2 Å². The summed E-state index contributed by atoms with van der Waals surface area (Å²) in [5, 5.41) is 2.10. The van der Waals surface area contributed by atoms with Gasteiger partial charge in [0.05, 0.1) is 0 Å². The second kappa shape index (κ2) is 1.15. The van der Waals surface area contributed by atoms with Crippen LogP contribution >= 0.6 is 0 Å². The second-order valence-corrected chi connectivity index (χ2v) is 1.88. The normalized spacial score (nSPS) is 22.7. The number of nitrogens with one attached hydrogen (secondary N) is 1. The van der Waals surface area contributed by atoms with E-state index >= 15 is 0 Å². The van der Waals surface area contributed by atoms with Gasteiger partial charge in [-0.25, -0.2) is 0 Å². The summed E-state index contributed by atoms with van der Waals surface area (Å²) < 4.78 is 4.68. The van der Waals surface area contributed by atoms with Crippen molar-refractivity contribution in [2.45, 2.75) is 0 Å². The lowest BCUT2D eigenvalue weighted by Gasteiger charge is -2.12. The molecule has 0 saturated heterocycles. The van der Waals surface area contributed by atoms with E-state index in [0.717, 1.165) is 0 Å². The van der Waals surface area contributed by atoms with Crippen LogP contribution < -0.4 is 5.32 Å². The molecule has 0 aromatic rings. The third-order valence-corrected chi connectivity index (χ3v) is 1.34. The molecule has 0 saturated carbocycles. The van der Waals surface area contributed by atoms with Crippen molar-refractivity contribution in [3.8, 4) is 0 Å². The van der Waals surface area contributed by atoms with Gasteiger partial charge in [-0.1, -0.05) is 0 Å². The topological polar surface area (TPSA) is 55.4 Å². The fourth-order valence-electron chi connectivity index (χ4n) is 0.823. The highest BCUT2D eigenvalue weighted by atomic mass is 16.5. The lowest BCUT2D eigenvalue weighted by molar-refractivity contribution is -0.124. The molecule has 2 aliphatic heterocycles. The van der Waals surface area contributed by atoms with E-state index in [0.29, 0.717) is 5.57 Å². The Kier molecular flexibility index (Phi) is 0.582. The fraction of sp³-hybridized carbons (Fsp3) is 0.200. The highest BCUT2D eigenvalue weighted by Crippen LogP contribution is 2.23. The number of carbonyl (C=O) groups excluding carboxylic acids is 2. The summed E-state index contributed by atoms with van der Waals surface area (Å²) >= 11 is 0. The van der Waals surface area contributed by atoms with Crippen molar-refractivity contribution < 1.29 is 14.3 Å². The van der Waals surface area contributed by atoms with E-state index in [4.69, 9.17) is 0 Å². The van der Waals surface area contributed by atoms with Gasteiger partial charge in [-0.2, -0.15) is 0 Å². The van der Waals surface area contributed by atoms with Crippen LogP contribution in [0.15, 0.2) is 11.3 Å². The molecule has 2 rings (SSSR count). The molecule has 46 valence electrons. The summed E-state index contributed by atoms with van der Waals surface area (Å²) in [5.41, 5.74) is 0.486. The van der Waals surface area contributed by atoms with E-state index in [1.54, 1.807) is 0 Å². The van der Waals surface area contributed by atoms with Crippen LogP contribution in [0.25, 0.3) is 0 Å². The first-order valence-electron chi connectivity index (χ1n) is 2.50. The average molecular weight is 125 g/mol. The van der Waals surface area contributed by atoms with Crippen LogP contribution in [0.4, 0.5) is 0 Å². The molecule has 2 aliphatic rings. The van der Waals surface area contributed by atoms with Gasteiger partial charge in [0, 0.05) is 0 Å². The fourth-order valence-corrected chi connectivity index (χ4v) is 0.823. The van der Waals surface area contributed by atoms with E-state index in [1.165, 1.54) is 0 Å². The van der Waals surface area contributed by atoms with Crippen LogP contribution in [0.3, 0.4) is 0 Å². The summed E-state index contributed by atoms with van der Waals surface area (Å²) in [6, 6.07) is 0. The molecule has 2 amide bonds. The van der Waals surface area contributed by atoms with Crippen molar-refractivity contribution >= 4 is 11.8 Å². The van der Waals surface area contributed by atoms with E-state index in [2.05, 4.69) is 10.1 Å². The first-order valence-corrected chi connectivity index (χ1v) is 2.50. The van der Waals surface area contributed by atoms with Gasteiger partial charge in [-0.3, -0.25) is 14.9 Å². The molecule has 0 spiro atoms. The van der Waals surface area contributed by atoms with E-state index in [-0.39, 0.29) is 18.3 Å². The number of hydrogen-bond donors (Lipinski definition) is 1. The molecule has 4 heteroatoms. The quantitative estimate of drug-likeness (QED) is 0.419. The van der Waals surface area contributed by atoms with Gasteiger partial charge >= 0.3 is 0 Å². The predicted octanol–water partition coefficient (Wildman–Crippen LogP) is -1.07. The Hall–Kier alpha value is -1.32. The number of ether oxygens (including phenoxy) is 1. The van der Waals surface area contributed by atoms with Gasteiger partial charge in [0.2, 0.25) is 0 Å². The zero-order valence-corrected chi connectivity index (χ0v) is 4.43. The highest BCUT2D eigenvalue weighted by molar-refractivity contribution is 6.19. The summed E-state index contributed by atoms with van der Waals surface area (Å²) in [6.07, 6.45) is 0. The zero-order valence-electron chi connectivity index (χ0n) is 4.43. The van der Waals surface area contributed by atoms with Gasteiger partial charge in [0.15, 0.2) is 5.76 Å². The first kappa shape index (κ1) is 4.55. The molecule has 0 fully saturated rings. The lowest BCUT2D eigenvalue weighted by Crippen LogP contribution is -2.21. The van der Waals surface area contributed by atoms with Crippen molar-refractivity contribution in [1.82, 2.24) is 5.32 Å². The van der Waals surface area contributed by atoms with Crippen LogP contribution in [-0.4, -0.2) is 18.4 Å². The Labute approximate surface area is 50.5 Å². The molecule has 0 aliphatic carbocycles. The minimum absolute atomic E-state index is 0.208. The third-order valence-electron chi connectivity index (χ3n) is 1.34. The Morgan fingerprint density at radius 3 is 2.33 bits per heavy atom. The number of imide groups is 1. The molecule has 2 heterocycles. The maximum atomic E-state index is 10.6. The van der Waals surface area contributed by atoms with E-state index < -0.39 is 5.91 Å². The summed E-state index contributed by atoms with van der Waals surface area (Å²) in [4.78, 5) is 21.1. The maximum absolute atomic E-state index is 10.6. The van der Waals surface area contributed by atoms with Gasteiger partial charge in [0.25, 0.3) is 11.8 Å². The minimum Gasteiger partial charge on any atom is -0.482 e. The average Bonchev–Trinajstić information content (AvgIpc) is 1.73. The third kappa shape index (κ3) is 0.378. The first-order chi connectivity index (χ1) is 4.29. The largest absolute Gasteiger partial charge is 0.482 e. The Balaban J connectivity index is 2.49. The minimum atomic E-state index is -0.402. The van der Waals surface area contributed by atoms with Crippen LogP contribution in [0.2, 0.25) is 0 Å². The monoisotopic (exact) mass is 125 g/mol. The van der Waals surface area contributed by atoms with Crippen molar-refractivity contribution in [3.63, 3.8) is 0 Å². The predicted molar refractivity (Wildman–Crippen MR) is 26.1 cm³/mol. The van der Waals surface area contributed by atoms with Crippen molar-refractivity contribution in [3.05, 3.63) is 11.3 Å². The molecule has 0 aromatic carbocycles. The van der Waals surface area contributed by atoms with Crippen LogP contribution in [0.1, 0.15) is 0 Å². The molecular formula is C5H3NO3. The smallest absolute Gasteiger partial charge is 0.293 e. The van der Waals surface area contributed by atoms with E-state index in [1.807, 2.05) is 0 Å². The molecule has 0 bridgehead atoms. The van der Waals surface area contributed by atoms with Gasteiger partial charge in [-0.05, 0) is 0 Å². The van der Waals surface area contributed by atoms with Crippen molar-refractivity contribution in [2.75, 3.05) is 6.61 Å². The van der Waals surface area contributed by atoms with Crippen LogP contribution in [-0.2, 0) is 14.3 Å². The summed E-state index contributed by atoms with van der Waals surface area (Å²) in [7, 11) is 0. The molecule has 9 heavy (non-hydrogen) atoms. The Morgan fingerprint density at radius 2 is 2.11 bits per heavy atom. The van der Waals surface area contributed by atoms with Crippen LogP contribution in [0, 0.1) is 0 Å². The highest BCUT2D eigenvalue weighted by Gasteiger charge is 2.38. The second-order valence-electron chi connectivity index (χ2n) is 1.88. The maximum Gasteiger partial charge on any atom is 0.293 e. The molecule has 0 radical (unpaired) electrons. The number of rotatable bonds is 0. The lowest BCUT2D eigenvalue weighted by atomic mass is 10.2. The molecule has 0 atom stereocenters. The van der Waals surface area contributed by atoms with Gasteiger partial charge < -0.3 is 4.74 Å². The number of carbonyl (C=O) groups is 2. The summed E-state index contributed by atoms with van der Waals surface area (Å²) in [6.45, 7) is 0.285.